The van der Waals surface area contributed by atoms with Crippen molar-refractivity contribution < 1.29 is 0 Å². The van der Waals surface area contributed by atoms with E-state index >= 15 is 0 Å². The van der Waals surface area contributed by atoms with Crippen molar-refractivity contribution >= 4 is 5.96 Å². The molecule has 0 saturated carbocycles. The van der Waals surface area contributed by atoms with Crippen LogP contribution in [0.2, 0.25) is 0 Å². The van der Waals surface area contributed by atoms with Gasteiger partial charge in [0.1, 0.15) is 0 Å². The maximum absolute atomic E-state index is 4.28. The van der Waals surface area contributed by atoms with Crippen LogP contribution in [0.25, 0.3) is 0 Å². The highest BCUT2D eigenvalue weighted by Gasteiger charge is 2.28. The highest BCUT2D eigenvalue weighted by Crippen LogP contribution is 2.30. The number of nitrogens with one attached hydrogen (secondary N) is 1. The molecule has 0 amide bonds. The van der Waals surface area contributed by atoms with Crippen molar-refractivity contribution in [3.63, 3.8) is 0 Å². The molecule has 0 spiro atoms. The molecule has 0 fully saturated rings. The van der Waals surface area contributed by atoms with Gasteiger partial charge < -0.3 is 10.2 Å². The average Bonchev–Trinajstić information content (AvgIpc) is 2.45. The average molecular weight is 261 g/mol. The molecule has 106 valence electrons. The fraction of sp³-hybridized carbons (Fsp3) is 0.562. The maximum Gasteiger partial charge on any atom is 0.193 e. The molecule has 0 unspecified atom stereocenters. The first-order chi connectivity index (χ1) is 9.09. The Labute approximate surface area is 117 Å². The zero-order valence-corrected chi connectivity index (χ0v) is 12.9. The lowest BCUT2D eigenvalue weighted by Gasteiger charge is -2.34. The highest BCUT2D eigenvalue weighted by atomic mass is 15.3. The summed E-state index contributed by atoms with van der Waals surface area (Å²) < 4.78 is 0. The molecule has 1 aromatic rings. The van der Waals surface area contributed by atoms with E-state index in [2.05, 4.69) is 54.5 Å². The number of hydrogen-bond acceptors (Lipinski definition) is 1. The van der Waals surface area contributed by atoms with E-state index < -0.39 is 0 Å². The van der Waals surface area contributed by atoms with Gasteiger partial charge in [-0.15, -0.1) is 0 Å². The fourth-order valence-electron chi connectivity index (χ4n) is 2.49. The zero-order chi connectivity index (χ0) is 14.3. The molecular weight excluding hydrogens is 234 g/mol. The number of aliphatic imine (C=N–C) groups is 1. The Hall–Kier alpha value is -1.51. The molecule has 0 heterocycles. The van der Waals surface area contributed by atoms with Gasteiger partial charge in [-0.3, -0.25) is 4.99 Å². The van der Waals surface area contributed by atoms with Crippen LogP contribution in [-0.4, -0.2) is 38.5 Å². The number of guanidine groups is 1. The molecule has 1 aromatic carbocycles. The second-order valence-corrected chi connectivity index (χ2v) is 5.15. The lowest BCUT2D eigenvalue weighted by Crippen LogP contribution is -2.44. The van der Waals surface area contributed by atoms with Crippen LogP contribution in [-0.2, 0) is 5.41 Å². The second kappa shape index (κ2) is 7.17. The summed E-state index contributed by atoms with van der Waals surface area (Å²) in [6.45, 7) is 5.43. The van der Waals surface area contributed by atoms with Crippen molar-refractivity contribution in [1.82, 2.24) is 10.2 Å². The maximum atomic E-state index is 4.28. The van der Waals surface area contributed by atoms with Crippen LogP contribution in [0, 0.1) is 0 Å². The van der Waals surface area contributed by atoms with Gasteiger partial charge in [0.15, 0.2) is 5.96 Å². The van der Waals surface area contributed by atoms with Gasteiger partial charge in [0.25, 0.3) is 0 Å². The van der Waals surface area contributed by atoms with Crippen LogP contribution in [0.4, 0.5) is 0 Å². The van der Waals surface area contributed by atoms with Gasteiger partial charge in [0.2, 0.25) is 0 Å². The summed E-state index contributed by atoms with van der Waals surface area (Å²) in [5.41, 5.74) is 1.58. The predicted molar refractivity (Wildman–Crippen MR) is 83.8 cm³/mol. The molecule has 3 nitrogen and oxygen atoms in total. The first kappa shape index (κ1) is 15.5. The molecule has 0 radical (unpaired) electrons. The quantitative estimate of drug-likeness (QED) is 0.652. The number of hydrogen-bond donors (Lipinski definition) is 1. The van der Waals surface area contributed by atoms with Crippen molar-refractivity contribution in [1.29, 1.82) is 0 Å². The number of nitrogens with zero attached hydrogens (tertiary/aromatic N) is 2. The highest BCUT2D eigenvalue weighted by molar-refractivity contribution is 5.79. The monoisotopic (exact) mass is 261 g/mol. The van der Waals surface area contributed by atoms with Gasteiger partial charge in [-0.2, -0.15) is 0 Å². The van der Waals surface area contributed by atoms with E-state index in [1.807, 2.05) is 26.0 Å². The normalized spacial score (nSPS) is 12.4. The first-order valence-corrected chi connectivity index (χ1v) is 7.03. The Balaban J connectivity index is 2.90. The smallest absolute Gasteiger partial charge is 0.193 e. The molecule has 1 N–H and O–H groups in total. The van der Waals surface area contributed by atoms with E-state index in [1.165, 1.54) is 5.56 Å². The minimum absolute atomic E-state index is 0.174. The third-order valence-corrected chi connectivity index (χ3v) is 3.96. The molecule has 0 atom stereocenters. The molecule has 3 heteroatoms. The standard InChI is InChI=1S/C16H27N3/c1-6-16(7-2,14-11-9-8-10-12-14)13-18-15(17-3)19(4)5/h8-12H,6-7,13H2,1-5H3,(H,17,18). The Kier molecular flexibility index (Phi) is 5.87. The van der Waals surface area contributed by atoms with Crippen molar-refractivity contribution in [3.05, 3.63) is 35.9 Å². The van der Waals surface area contributed by atoms with Gasteiger partial charge in [-0.1, -0.05) is 44.2 Å². The van der Waals surface area contributed by atoms with E-state index in [9.17, 15) is 0 Å². The Morgan fingerprint density at radius 3 is 2.16 bits per heavy atom. The molecule has 0 aliphatic rings. The van der Waals surface area contributed by atoms with E-state index in [-0.39, 0.29) is 5.41 Å². The summed E-state index contributed by atoms with van der Waals surface area (Å²) in [5.74, 6) is 0.933. The summed E-state index contributed by atoms with van der Waals surface area (Å²) in [7, 11) is 5.85. The van der Waals surface area contributed by atoms with Crippen LogP contribution in [0.15, 0.2) is 35.3 Å². The lowest BCUT2D eigenvalue weighted by molar-refractivity contribution is 0.384. The van der Waals surface area contributed by atoms with Crippen molar-refractivity contribution in [2.24, 2.45) is 4.99 Å². The number of benzene rings is 1. The molecular formula is C16H27N3. The topological polar surface area (TPSA) is 27.6 Å². The minimum atomic E-state index is 0.174. The lowest BCUT2D eigenvalue weighted by atomic mass is 9.76. The Bertz CT molecular complexity index is 392. The number of rotatable bonds is 5. The predicted octanol–water partition coefficient (Wildman–Crippen LogP) is 2.88. The summed E-state index contributed by atoms with van der Waals surface area (Å²) in [6.07, 6.45) is 2.23. The molecule has 1 rings (SSSR count). The Morgan fingerprint density at radius 1 is 1.16 bits per heavy atom. The largest absolute Gasteiger partial charge is 0.355 e. The summed E-state index contributed by atoms with van der Waals surface area (Å²) in [5, 5.41) is 3.49. The molecule has 0 aromatic heterocycles. The molecule has 0 bridgehead atoms. The van der Waals surface area contributed by atoms with Gasteiger partial charge >= 0.3 is 0 Å². The molecule has 19 heavy (non-hydrogen) atoms. The van der Waals surface area contributed by atoms with Crippen LogP contribution in [0.3, 0.4) is 0 Å². The third-order valence-electron chi connectivity index (χ3n) is 3.96. The summed E-state index contributed by atoms with van der Waals surface area (Å²) in [4.78, 5) is 6.30. The Morgan fingerprint density at radius 2 is 1.74 bits per heavy atom. The fourth-order valence-corrected chi connectivity index (χ4v) is 2.49. The van der Waals surface area contributed by atoms with Crippen molar-refractivity contribution in [3.8, 4) is 0 Å². The van der Waals surface area contributed by atoms with Gasteiger partial charge in [-0.05, 0) is 18.4 Å². The van der Waals surface area contributed by atoms with Crippen molar-refractivity contribution in [2.45, 2.75) is 32.1 Å². The van der Waals surface area contributed by atoms with Gasteiger partial charge in [0.05, 0.1) is 0 Å². The van der Waals surface area contributed by atoms with Crippen LogP contribution < -0.4 is 5.32 Å². The zero-order valence-electron chi connectivity index (χ0n) is 12.9. The van der Waals surface area contributed by atoms with E-state index in [1.54, 1.807) is 0 Å². The summed E-state index contributed by atoms with van der Waals surface area (Å²) >= 11 is 0. The van der Waals surface area contributed by atoms with E-state index in [4.69, 9.17) is 0 Å². The van der Waals surface area contributed by atoms with Gasteiger partial charge in [-0.25, -0.2) is 0 Å². The summed E-state index contributed by atoms with van der Waals surface area (Å²) in [6, 6.07) is 10.8. The molecule has 0 aliphatic carbocycles. The van der Waals surface area contributed by atoms with E-state index in [0.29, 0.717) is 0 Å². The minimum Gasteiger partial charge on any atom is -0.355 e. The van der Waals surface area contributed by atoms with Crippen molar-refractivity contribution in [2.75, 3.05) is 27.7 Å². The van der Waals surface area contributed by atoms with E-state index in [0.717, 1.165) is 25.3 Å². The second-order valence-electron chi connectivity index (χ2n) is 5.15. The van der Waals surface area contributed by atoms with Crippen LogP contribution >= 0.6 is 0 Å². The van der Waals surface area contributed by atoms with Crippen LogP contribution in [0.1, 0.15) is 32.3 Å². The SMILES string of the molecule is CCC(CC)(CNC(=NC)N(C)C)c1ccccc1. The molecule has 0 aliphatic heterocycles. The third kappa shape index (κ3) is 3.72. The molecule has 0 saturated heterocycles. The first-order valence-electron chi connectivity index (χ1n) is 7.03. The van der Waals surface area contributed by atoms with Crippen LogP contribution in [0.5, 0.6) is 0 Å². The van der Waals surface area contributed by atoms with Gasteiger partial charge in [0, 0.05) is 33.1 Å².